The average Bonchev–Trinajstić information content (AvgIpc) is 3.46. The molecule has 3 aliphatic rings. The summed E-state index contributed by atoms with van der Waals surface area (Å²) in [6, 6.07) is 13.8. The van der Waals surface area contributed by atoms with Crippen molar-refractivity contribution in [2.75, 3.05) is 18.6 Å². The number of carbonyl (C=O) groups excluding carboxylic acids is 3. The van der Waals surface area contributed by atoms with E-state index in [4.69, 9.17) is 9.47 Å². The van der Waals surface area contributed by atoms with Crippen LogP contribution in [0.2, 0.25) is 0 Å². The second-order valence-corrected chi connectivity index (χ2v) is 8.34. The highest BCUT2D eigenvalue weighted by Crippen LogP contribution is 2.56. The minimum atomic E-state index is -0.182. The Hall–Kier alpha value is -3.15. The molecular formula is C24H23NO5. The van der Waals surface area contributed by atoms with E-state index < -0.39 is 0 Å². The lowest BCUT2D eigenvalue weighted by Gasteiger charge is -2.19. The second-order valence-electron chi connectivity index (χ2n) is 8.34. The summed E-state index contributed by atoms with van der Waals surface area (Å²) in [5.41, 5.74) is 1.02. The van der Waals surface area contributed by atoms with Crippen LogP contribution in [-0.2, 0) is 9.59 Å². The minimum Gasteiger partial charge on any atom is -0.497 e. The zero-order valence-electron chi connectivity index (χ0n) is 16.7. The van der Waals surface area contributed by atoms with Gasteiger partial charge in [-0.05, 0) is 55.4 Å². The zero-order chi connectivity index (χ0) is 20.8. The molecule has 154 valence electrons. The molecule has 1 saturated heterocycles. The number of hydrogen-bond donors (Lipinski definition) is 0. The number of benzene rings is 2. The van der Waals surface area contributed by atoms with Gasteiger partial charge in [0.15, 0.2) is 12.4 Å². The topological polar surface area (TPSA) is 72.9 Å². The van der Waals surface area contributed by atoms with Gasteiger partial charge in [0.25, 0.3) is 0 Å². The lowest BCUT2D eigenvalue weighted by molar-refractivity contribution is -0.123. The Kier molecular flexibility index (Phi) is 4.57. The standard InChI is InChI=1S/C24H23NO5/c1-29-18-6-2-4-14(11-18)20(26)13-30-19-7-3-5-17(12-19)25-23(27)21-15-8-9-16(10-15)22(21)24(25)28/h2-7,11-12,15-16,21-22H,8-10,13H2,1H3/t15-,16+,21-,22+. The third kappa shape index (κ3) is 2.98. The number of Topliss-reactive ketones (excluding diaryl/α,β-unsaturated/α-hetero) is 1. The van der Waals surface area contributed by atoms with E-state index in [0.29, 0.717) is 34.6 Å². The number of ether oxygens (including phenoxy) is 2. The predicted molar refractivity (Wildman–Crippen MR) is 110 cm³/mol. The van der Waals surface area contributed by atoms with Gasteiger partial charge in [0.2, 0.25) is 11.8 Å². The number of hydrogen-bond acceptors (Lipinski definition) is 5. The van der Waals surface area contributed by atoms with E-state index in [9.17, 15) is 14.4 Å². The monoisotopic (exact) mass is 405 g/mol. The third-order valence-corrected chi connectivity index (χ3v) is 6.76. The Labute approximate surface area is 174 Å². The number of amides is 2. The van der Waals surface area contributed by atoms with Crippen molar-refractivity contribution in [3.63, 3.8) is 0 Å². The maximum atomic E-state index is 13.0. The van der Waals surface area contributed by atoms with Crippen molar-refractivity contribution in [1.29, 1.82) is 0 Å². The number of imide groups is 1. The van der Waals surface area contributed by atoms with Crippen LogP contribution in [-0.4, -0.2) is 31.3 Å². The van der Waals surface area contributed by atoms with Crippen LogP contribution < -0.4 is 14.4 Å². The number of fused-ring (bicyclic) bond motifs is 5. The van der Waals surface area contributed by atoms with Crippen molar-refractivity contribution >= 4 is 23.3 Å². The van der Waals surface area contributed by atoms with Gasteiger partial charge in [-0.3, -0.25) is 14.4 Å². The van der Waals surface area contributed by atoms with E-state index in [0.717, 1.165) is 19.3 Å². The maximum absolute atomic E-state index is 13.0. The van der Waals surface area contributed by atoms with Crippen molar-refractivity contribution in [3.8, 4) is 11.5 Å². The fourth-order valence-corrected chi connectivity index (χ4v) is 5.40. The van der Waals surface area contributed by atoms with Crippen LogP contribution in [0.1, 0.15) is 29.6 Å². The first-order valence-corrected chi connectivity index (χ1v) is 10.3. The van der Waals surface area contributed by atoms with E-state index >= 15 is 0 Å². The zero-order valence-corrected chi connectivity index (χ0v) is 16.7. The van der Waals surface area contributed by atoms with Crippen LogP contribution in [0.25, 0.3) is 0 Å². The first-order chi connectivity index (χ1) is 14.6. The molecule has 4 atom stereocenters. The highest BCUT2D eigenvalue weighted by Gasteiger charge is 2.61. The van der Waals surface area contributed by atoms with Crippen molar-refractivity contribution in [2.24, 2.45) is 23.7 Å². The summed E-state index contributed by atoms with van der Waals surface area (Å²) >= 11 is 0. The average molecular weight is 405 g/mol. The van der Waals surface area contributed by atoms with Gasteiger partial charge in [-0.2, -0.15) is 0 Å². The fraction of sp³-hybridized carbons (Fsp3) is 0.375. The van der Waals surface area contributed by atoms with E-state index in [2.05, 4.69) is 0 Å². The van der Waals surface area contributed by atoms with E-state index in [1.807, 2.05) is 0 Å². The molecule has 2 aromatic rings. The Morgan fingerprint density at radius 1 is 0.967 bits per heavy atom. The first-order valence-electron chi connectivity index (χ1n) is 10.3. The van der Waals surface area contributed by atoms with Gasteiger partial charge in [0.1, 0.15) is 11.5 Å². The molecule has 2 aliphatic carbocycles. The molecule has 0 spiro atoms. The summed E-state index contributed by atoms with van der Waals surface area (Å²) in [5, 5.41) is 0. The highest BCUT2D eigenvalue weighted by molar-refractivity contribution is 6.22. The number of carbonyl (C=O) groups is 3. The number of anilines is 1. The van der Waals surface area contributed by atoms with Crippen molar-refractivity contribution in [2.45, 2.75) is 19.3 Å². The second kappa shape index (κ2) is 7.27. The van der Waals surface area contributed by atoms with Crippen LogP contribution in [0.3, 0.4) is 0 Å². The molecule has 2 saturated carbocycles. The summed E-state index contributed by atoms with van der Waals surface area (Å²) in [7, 11) is 1.55. The summed E-state index contributed by atoms with van der Waals surface area (Å²) in [6.45, 7) is -0.145. The molecule has 5 rings (SSSR count). The molecular weight excluding hydrogens is 382 g/mol. The summed E-state index contributed by atoms with van der Waals surface area (Å²) < 4.78 is 10.8. The Morgan fingerprint density at radius 3 is 2.33 bits per heavy atom. The summed E-state index contributed by atoms with van der Waals surface area (Å²) in [6.07, 6.45) is 3.11. The van der Waals surface area contributed by atoms with Crippen molar-refractivity contribution < 1.29 is 23.9 Å². The molecule has 30 heavy (non-hydrogen) atoms. The van der Waals surface area contributed by atoms with Crippen LogP contribution in [0.4, 0.5) is 5.69 Å². The van der Waals surface area contributed by atoms with E-state index in [-0.39, 0.29) is 36.0 Å². The Bertz CT molecular complexity index is 1000. The predicted octanol–water partition coefficient (Wildman–Crippen LogP) is 3.49. The Morgan fingerprint density at radius 2 is 1.63 bits per heavy atom. The van der Waals surface area contributed by atoms with Gasteiger partial charge in [-0.15, -0.1) is 0 Å². The van der Waals surface area contributed by atoms with Crippen LogP contribution in [0.15, 0.2) is 48.5 Å². The summed E-state index contributed by atoms with van der Waals surface area (Å²) in [5.74, 6) is 1.09. The van der Waals surface area contributed by atoms with Gasteiger partial charge in [-0.1, -0.05) is 18.2 Å². The lowest BCUT2D eigenvalue weighted by atomic mass is 9.81. The molecule has 6 heteroatoms. The number of nitrogens with zero attached hydrogens (tertiary/aromatic N) is 1. The van der Waals surface area contributed by atoms with Gasteiger partial charge in [-0.25, -0.2) is 4.90 Å². The molecule has 3 fully saturated rings. The molecule has 2 aromatic carbocycles. The number of rotatable bonds is 6. The molecule has 2 amide bonds. The summed E-state index contributed by atoms with van der Waals surface area (Å²) in [4.78, 5) is 39.8. The molecule has 1 aliphatic heterocycles. The number of ketones is 1. The van der Waals surface area contributed by atoms with Gasteiger partial charge >= 0.3 is 0 Å². The van der Waals surface area contributed by atoms with Gasteiger partial charge in [0, 0.05) is 11.6 Å². The highest BCUT2D eigenvalue weighted by atomic mass is 16.5. The van der Waals surface area contributed by atoms with Gasteiger partial charge < -0.3 is 9.47 Å². The Balaban J connectivity index is 1.31. The number of methoxy groups -OCH3 is 1. The molecule has 0 unspecified atom stereocenters. The minimum absolute atomic E-state index is 0.0817. The fourth-order valence-electron chi connectivity index (χ4n) is 5.40. The largest absolute Gasteiger partial charge is 0.497 e. The van der Waals surface area contributed by atoms with E-state index in [1.165, 1.54) is 4.90 Å². The quantitative estimate of drug-likeness (QED) is 0.543. The van der Waals surface area contributed by atoms with E-state index in [1.54, 1.807) is 55.6 Å². The first kappa shape index (κ1) is 18.9. The van der Waals surface area contributed by atoms with Crippen molar-refractivity contribution in [3.05, 3.63) is 54.1 Å². The van der Waals surface area contributed by atoms with Crippen LogP contribution in [0, 0.1) is 23.7 Å². The maximum Gasteiger partial charge on any atom is 0.237 e. The lowest BCUT2D eigenvalue weighted by Crippen LogP contribution is -2.32. The molecule has 6 nitrogen and oxygen atoms in total. The normalized spacial score (nSPS) is 26.8. The van der Waals surface area contributed by atoms with Crippen LogP contribution in [0.5, 0.6) is 11.5 Å². The SMILES string of the molecule is COc1cccc(C(=O)COc2cccc(N3C(=O)[C@@H]4[C@@H]5CC[C@@H](C5)[C@@H]4C3=O)c2)c1. The molecule has 1 heterocycles. The van der Waals surface area contributed by atoms with Crippen molar-refractivity contribution in [1.82, 2.24) is 0 Å². The molecule has 2 bridgehead atoms. The molecule has 0 N–H and O–H groups in total. The van der Waals surface area contributed by atoms with Crippen LogP contribution >= 0.6 is 0 Å². The molecule has 0 radical (unpaired) electrons. The molecule has 0 aromatic heterocycles. The third-order valence-electron chi connectivity index (χ3n) is 6.76. The smallest absolute Gasteiger partial charge is 0.237 e. The van der Waals surface area contributed by atoms with Gasteiger partial charge in [0.05, 0.1) is 24.6 Å².